The van der Waals surface area contributed by atoms with E-state index < -0.39 is 11.6 Å². The van der Waals surface area contributed by atoms with E-state index in [2.05, 4.69) is 12.7 Å². The van der Waals surface area contributed by atoms with E-state index >= 15 is 0 Å². The fraction of sp³-hybridized carbons (Fsp3) is 0.579. The van der Waals surface area contributed by atoms with E-state index in [-0.39, 0.29) is 5.56 Å². The van der Waals surface area contributed by atoms with Crippen molar-refractivity contribution in [2.75, 3.05) is 0 Å². The molecule has 2 heteroatoms. The van der Waals surface area contributed by atoms with E-state index in [1.807, 2.05) is 0 Å². The minimum absolute atomic E-state index is 0.138. The van der Waals surface area contributed by atoms with Crippen LogP contribution >= 0.6 is 0 Å². The Morgan fingerprint density at radius 3 is 2.29 bits per heavy atom. The van der Waals surface area contributed by atoms with Crippen LogP contribution in [-0.4, -0.2) is 0 Å². The first-order valence-electron chi connectivity index (χ1n) is 8.16. The second-order valence-corrected chi connectivity index (χ2v) is 6.95. The molecule has 0 bridgehead atoms. The molecule has 0 aliphatic heterocycles. The summed E-state index contributed by atoms with van der Waals surface area (Å²) in [6.45, 7) is 5.43. The Balaban J connectivity index is 1.74. The van der Waals surface area contributed by atoms with Gasteiger partial charge in [-0.25, -0.2) is 8.78 Å². The zero-order chi connectivity index (χ0) is 15.0. The van der Waals surface area contributed by atoms with Crippen molar-refractivity contribution in [2.24, 2.45) is 17.8 Å². The van der Waals surface area contributed by atoms with Crippen LogP contribution in [-0.2, 0) is 0 Å². The zero-order valence-corrected chi connectivity index (χ0v) is 12.7. The number of fused-ring (bicyclic) bond motifs is 1. The van der Waals surface area contributed by atoms with Crippen LogP contribution in [0.2, 0.25) is 0 Å². The summed E-state index contributed by atoms with van der Waals surface area (Å²) in [7, 11) is 0. The van der Waals surface area contributed by atoms with Crippen LogP contribution in [0.4, 0.5) is 8.78 Å². The number of hydrogen-bond donors (Lipinski definition) is 0. The molecule has 1 aromatic carbocycles. The molecular formula is C19H24F2. The van der Waals surface area contributed by atoms with Gasteiger partial charge in [0.2, 0.25) is 0 Å². The lowest BCUT2D eigenvalue weighted by Gasteiger charge is -2.41. The maximum Gasteiger partial charge on any atom is 0.129 e. The molecule has 0 N–H and O–H groups in total. The molecule has 0 nitrogen and oxygen atoms in total. The fourth-order valence-corrected chi connectivity index (χ4v) is 4.34. The molecule has 3 rings (SSSR count). The van der Waals surface area contributed by atoms with Crippen LogP contribution in [0.15, 0.2) is 24.8 Å². The predicted octanol–water partition coefficient (Wildman–Crippen LogP) is 5.76. The normalized spacial score (nSPS) is 32.5. The lowest BCUT2D eigenvalue weighted by molar-refractivity contribution is 0.133. The molecule has 0 saturated heterocycles. The highest BCUT2D eigenvalue weighted by atomic mass is 19.1. The average Bonchev–Trinajstić information content (AvgIpc) is 2.51. The third-order valence-corrected chi connectivity index (χ3v) is 5.76. The molecule has 0 radical (unpaired) electrons. The first-order chi connectivity index (χ1) is 10.1. The Morgan fingerprint density at radius 1 is 1.00 bits per heavy atom. The summed E-state index contributed by atoms with van der Waals surface area (Å²) in [6.07, 6.45) is 9.19. The van der Waals surface area contributed by atoms with Crippen molar-refractivity contribution in [3.05, 3.63) is 47.5 Å². The van der Waals surface area contributed by atoms with Crippen LogP contribution in [0.25, 0.3) is 0 Å². The number of hydrogen-bond acceptors (Lipinski definition) is 0. The van der Waals surface area contributed by atoms with Crippen molar-refractivity contribution >= 4 is 0 Å². The Bertz CT molecular complexity index is 511. The Morgan fingerprint density at radius 2 is 1.62 bits per heavy atom. The van der Waals surface area contributed by atoms with Gasteiger partial charge in [-0.1, -0.05) is 6.08 Å². The van der Waals surface area contributed by atoms with Crippen LogP contribution < -0.4 is 0 Å². The number of benzene rings is 1. The maximum absolute atomic E-state index is 13.8. The summed E-state index contributed by atoms with van der Waals surface area (Å²) in [4.78, 5) is 0. The molecule has 0 spiro atoms. The zero-order valence-electron chi connectivity index (χ0n) is 12.7. The van der Waals surface area contributed by atoms with Gasteiger partial charge >= 0.3 is 0 Å². The second-order valence-electron chi connectivity index (χ2n) is 6.95. The van der Waals surface area contributed by atoms with Crippen LogP contribution in [0.5, 0.6) is 0 Å². The van der Waals surface area contributed by atoms with Gasteiger partial charge in [0.15, 0.2) is 0 Å². The van der Waals surface area contributed by atoms with Crippen molar-refractivity contribution in [2.45, 2.75) is 51.4 Å². The summed E-state index contributed by atoms with van der Waals surface area (Å²) in [6, 6.07) is 3.11. The van der Waals surface area contributed by atoms with Crippen molar-refractivity contribution in [3.8, 4) is 0 Å². The molecule has 2 saturated carbocycles. The number of halogens is 2. The Labute approximate surface area is 126 Å². The SMILES string of the molecule is C=C[C@@H]1CC[C@@H]2CC(c3cc(F)c(C)c(F)c3)CC[C@@H]2C1. The molecular weight excluding hydrogens is 266 g/mol. The van der Waals surface area contributed by atoms with Gasteiger partial charge in [-0.15, -0.1) is 6.58 Å². The number of rotatable bonds is 2. The summed E-state index contributed by atoms with van der Waals surface area (Å²) in [5.41, 5.74) is 0.999. The third kappa shape index (κ3) is 2.90. The minimum Gasteiger partial charge on any atom is -0.207 e. The molecule has 4 atom stereocenters. The third-order valence-electron chi connectivity index (χ3n) is 5.76. The highest BCUT2D eigenvalue weighted by Crippen LogP contribution is 2.47. The molecule has 1 unspecified atom stereocenters. The van der Waals surface area contributed by atoms with Crippen molar-refractivity contribution in [3.63, 3.8) is 0 Å². The summed E-state index contributed by atoms with van der Waals surface area (Å²) in [5, 5.41) is 0. The van der Waals surface area contributed by atoms with Gasteiger partial charge in [0.1, 0.15) is 11.6 Å². The fourth-order valence-electron chi connectivity index (χ4n) is 4.34. The molecule has 2 fully saturated rings. The van der Waals surface area contributed by atoms with E-state index in [0.29, 0.717) is 11.8 Å². The largest absolute Gasteiger partial charge is 0.207 e. The topological polar surface area (TPSA) is 0 Å². The summed E-state index contributed by atoms with van der Waals surface area (Å²) < 4.78 is 27.5. The minimum atomic E-state index is -0.400. The Hall–Kier alpha value is -1.18. The number of allylic oxidation sites excluding steroid dienone is 1. The van der Waals surface area contributed by atoms with Gasteiger partial charge < -0.3 is 0 Å². The molecule has 2 aliphatic carbocycles. The smallest absolute Gasteiger partial charge is 0.129 e. The standard InChI is InChI=1S/C19H24F2/c1-3-13-4-5-15-9-16(7-6-14(15)8-13)17-10-18(20)12(2)19(21)11-17/h3,10-11,13-16H,1,4-9H2,2H3/t13-,14-,15-,16?/m1/s1. The molecule has 1 aromatic rings. The molecule has 0 amide bonds. The molecule has 21 heavy (non-hydrogen) atoms. The quantitative estimate of drug-likeness (QED) is 0.607. The monoisotopic (exact) mass is 290 g/mol. The van der Waals surface area contributed by atoms with E-state index in [9.17, 15) is 8.78 Å². The first kappa shape index (κ1) is 14.7. The summed E-state index contributed by atoms with van der Waals surface area (Å²) >= 11 is 0. The highest BCUT2D eigenvalue weighted by Gasteiger charge is 2.35. The predicted molar refractivity (Wildman–Crippen MR) is 82.2 cm³/mol. The maximum atomic E-state index is 13.8. The molecule has 2 aliphatic rings. The Kier molecular flexibility index (Phi) is 4.14. The van der Waals surface area contributed by atoms with Gasteiger partial charge in [0.05, 0.1) is 0 Å². The molecule has 114 valence electrons. The average molecular weight is 290 g/mol. The van der Waals surface area contributed by atoms with Gasteiger partial charge in [-0.3, -0.25) is 0 Å². The van der Waals surface area contributed by atoms with Gasteiger partial charge in [-0.2, -0.15) is 0 Å². The second kappa shape index (κ2) is 5.90. The van der Waals surface area contributed by atoms with Gasteiger partial charge in [-0.05, 0) is 86.8 Å². The van der Waals surface area contributed by atoms with Crippen LogP contribution in [0.3, 0.4) is 0 Å². The van der Waals surface area contributed by atoms with Crippen LogP contribution in [0, 0.1) is 36.3 Å². The molecule has 0 heterocycles. The lowest BCUT2D eigenvalue weighted by Crippen LogP contribution is -2.30. The van der Waals surface area contributed by atoms with E-state index in [1.54, 1.807) is 12.1 Å². The van der Waals surface area contributed by atoms with Crippen molar-refractivity contribution in [1.29, 1.82) is 0 Å². The van der Waals surface area contributed by atoms with Gasteiger partial charge in [0, 0.05) is 5.56 Å². The summed E-state index contributed by atoms with van der Waals surface area (Å²) in [5.74, 6) is 1.73. The van der Waals surface area contributed by atoms with Gasteiger partial charge in [0.25, 0.3) is 0 Å². The lowest BCUT2D eigenvalue weighted by atomic mass is 9.64. The van der Waals surface area contributed by atoms with E-state index in [0.717, 1.165) is 30.2 Å². The van der Waals surface area contributed by atoms with Crippen molar-refractivity contribution in [1.82, 2.24) is 0 Å². The molecule has 0 aromatic heterocycles. The highest BCUT2D eigenvalue weighted by molar-refractivity contribution is 5.28. The van der Waals surface area contributed by atoms with E-state index in [4.69, 9.17) is 0 Å². The van der Waals surface area contributed by atoms with E-state index in [1.165, 1.54) is 32.6 Å². The van der Waals surface area contributed by atoms with Crippen molar-refractivity contribution < 1.29 is 8.78 Å². The van der Waals surface area contributed by atoms with Crippen LogP contribution in [0.1, 0.15) is 55.6 Å². The first-order valence-corrected chi connectivity index (χ1v) is 8.16.